The first kappa shape index (κ1) is 30.1. The van der Waals surface area contributed by atoms with Gasteiger partial charge in [-0.2, -0.15) is 0 Å². The van der Waals surface area contributed by atoms with E-state index in [0.29, 0.717) is 0 Å². The van der Waals surface area contributed by atoms with Gasteiger partial charge in [0.25, 0.3) is 11.1 Å². The molecule has 0 aliphatic heterocycles. The van der Waals surface area contributed by atoms with Gasteiger partial charge in [0.15, 0.2) is 15.3 Å². The van der Waals surface area contributed by atoms with E-state index >= 15 is 0 Å². The van der Waals surface area contributed by atoms with Crippen LogP contribution in [0.1, 0.15) is 28.2 Å². The van der Waals surface area contributed by atoms with Gasteiger partial charge >= 0.3 is 0 Å². The van der Waals surface area contributed by atoms with Gasteiger partial charge in [0.2, 0.25) is 11.8 Å². The highest BCUT2D eigenvalue weighted by Gasteiger charge is 2.33. The Hall–Kier alpha value is -2.90. The molecule has 0 amide bonds. The third-order valence-electron chi connectivity index (χ3n) is 6.56. The van der Waals surface area contributed by atoms with Crippen LogP contribution < -0.4 is 15.9 Å². The van der Waals surface area contributed by atoms with E-state index in [9.17, 15) is 19.8 Å². The molecule has 14 heteroatoms. The number of hydrogen-bond donors (Lipinski definition) is 2. The first-order valence-corrected chi connectivity index (χ1v) is 14.0. The summed E-state index contributed by atoms with van der Waals surface area (Å²) in [5, 5.41) is 22.5. The topological polar surface area (TPSA) is 104 Å². The van der Waals surface area contributed by atoms with E-state index in [1.54, 1.807) is 0 Å². The number of benzene rings is 2. The molecule has 0 aliphatic rings. The highest BCUT2D eigenvalue weighted by atomic mass is 79.9. The summed E-state index contributed by atoms with van der Waals surface area (Å²) in [5.41, 5.74) is -0.704. The largest absolute Gasteiger partial charge is 0.494 e. The maximum atomic E-state index is 13.5. The molecule has 0 saturated heterocycles. The summed E-state index contributed by atoms with van der Waals surface area (Å²) < 4.78 is 11.7. The molecule has 2 N–H and O–H groups in total. The highest BCUT2D eigenvalue weighted by molar-refractivity contribution is 9.10. The van der Waals surface area contributed by atoms with E-state index in [1.165, 1.54) is 49.5 Å². The molecule has 0 spiro atoms. The Morgan fingerprint density at radius 1 is 0.825 bits per heavy atom. The van der Waals surface area contributed by atoms with Crippen molar-refractivity contribution in [1.82, 2.24) is 18.3 Å². The lowest BCUT2D eigenvalue weighted by molar-refractivity contribution is 0.306. The van der Waals surface area contributed by atoms with Gasteiger partial charge < -0.3 is 14.9 Å². The summed E-state index contributed by atoms with van der Waals surface area (Å²) in [4.78, 5) is 27.1. The summed E-state index contributed by atoms with van der Waals surface area (Å²) in [5.74, 6) is -2.13. The van der Waals surface area contributed by atoms with Gasteiger partial charge in [-0.15, -0.1) is 0 Å². The van der Waals surface area contributed by atoms with E-state index < -0.39 is 28.8 Å². The Labute approximate surface area is 257 Å². The van der Waals surface area contributed by atoms with Crippen LogP contribution in [0.5, 0.6) is 17.5 Å². The van der Waals surface area contributed by atoms with Crippen LogP contribution >= 0.6 is 63.6 Å². The lowest BCUT2D eigenvalue weighted by atomic mass is 9.86. The van der Waals surface area contributed by atoms with Gasteiger partial charge in [-0.3, -0.25) is 27.9 Å². The number of hydrogen-bond acceptors (Lipinski definition) is 7. The minimum Gasteiger partial charge on any atom is -0.494 e. The van der Waals surface area contributed by atoms with Gasteiger partial charge in [-0.1, -0.05) is 51.3 Å². The first-order chi connectivity index (χ1) is 18.8. The zero-order chi connectivity index (χ0) is 29.6. The minimum absolute atomic E-state index is 0.0429. The van der Waals surface area contributed by atoms with Crippen LogP contribution in [0.15, 0.2) is 50.5 Å². The van der Waals surface area contributed by atoms with E-state index in [1.807, 2.05) is 24.3 Å². The molecule has 210 valence electrons. The van der Waals surface area contributed by atoms with Crippen LogP contribution in [-0.2, 0) is 34.8 Å². The van der Waals surface area contributed by atoms with Gasteiger partial charge in [-0.05, 0) is 59.8 Å². The Morgan fingerprint density at radius 3 is 1.68 bits per heavy atom. The molecule has 2 heterocycles. The molecule has 9 nitrogen and oxygen atoms in total. The summed E-state index contributed by atoms with van der Waals surface area (Å²) in [7, 11) is 5.82. The zero-order valence-corrected chi connectivity index (χ0v) is 26.3. The van der Waals surface area contributed by atoms with Crippen LogP contribution in [0, 0.1) is 9.54 Å². The number of aromatic hydroxyl groups is 2. The standard InChI is InChI=1S/C26H23BrCl2N4O5S2/c1-30-21(34)18(22(35)31(2)25(30)39)17(19-23(36)32(3)26(40)33(4)24(19)37)13-9-15(28)20(16(29)10-13)38-11-12-5-7-14(27)8-6-12/h5-10,17,34,36H,11H2,1-4H3. The van der Waals surface area contributed by atoms with Gasteiger partial charge in [0.05, 0.1) is 27.1 Å². The SMILES string of the molecule is Cn1c(O)c(C(c2cc(Cl)c(OCc3ccc(Br)cc3)c(Cl)c2)c2c(O)n(C)c(=S)n(C)c2=O)c(=O)n(C)c1=S. The fourth-order valence-electron chi connectivity index (χ4n) is 4.32. The van der Waals surface area contributed by atoms with Crippen LogP contribution in [0.4, 0.5) is 0 Å². The molecule has 4 aromatic rings. The van der Waals surface area contributed by atoms with Crippen molar-refractivity contribution in [3.8, 4) is 17.5 Å². The molecule has 0 unspecified atom stereocenters. The van der Waals surface area contributed by atoms with Gasteiger partial charge in [-0.25, -0.2) is 0 Å². The Morgan fingerprint density at radius 2 is 1.25 bits per heavy atom. The molecule has 0 atom stereocenters. The maximum Gasteiger partial charge on any atom is 0.262 e. The summed E-state index contributed by atoms with van der Waals surface area (Å²) in [6, 6.07) is 10.4. The third kappa shape index (κ3) is 5.26. The Balaban J connectivity index is 1.99. The molecule has 0 saturated carbocycles. The molecule has 2 aromatic heterocycles. The molecule has 0 fully saturated rings. The average molecular weight is 686 g/mol. The molecule has 4 rings (SSSR count). The number of rotatable bonds is 6. The van der Waals surface area contributed by atoms with Crippen molar-refractivity contribution in [2.24, 2.45) is 28.2 Å². The summed E-state index contributed by atoms with van der Waals surface area (Å²) in [6.07, 6.45) is 0. The van der Waals surface area contributed by atoms with Crippen LogP contribution in [-0.4, -0.2) is 28.5 Å². The Bertz CT molecular complexity index is 1790. The monoisotopic (exact) mass is 684 g/mol. The fourth-order valence-corrected chi connectivity index (χ4v) is 5.54. The van der Waals surface area contributed by atoms with Crippen molar-refractivity contribution in [2.45, 2.75) is 12.5 Å². The zero-order valence-electron chi connectivity index (χ0n) is 21.6. The number of aromatic nitrogens is 4. The quantitative estimate of drug-likeness (QED) is 0.260. The summed E-state index contributed by atoms with van der Waals surface area (Å²) in [6.45, 7) is 0.171. The van der Waals surface area contributed by atoms with Crippen molar-refractivity contribution in [1.29, 1.82) is 0 Å². The van der Waals surface area contributed by atoms with E-state index in [-0.39, 0.29) is 48.6 Å². The molecule has 0 aliphatic carbocycles. The Kier molecular flexibility index (Phi) is 8.67. The lowest BCUT2D eigenvalue weighted by Gasteiger charge is -2.24. The lowest BCUT2D eigenvalue weighted by Crippen LogP contribution is -2.33. The molecule has 0 bridgehead atoms. The van der Waals surface area contributed by atoms with Crippen LogP contribution in [0.25, 0.3) is 0 Å². The molecular formula is C26H23BrCl2N4O5S2. The minimum atomic E-state index is -1.32. The molecular weight excluding hydrogens is 663 g/mol. The van der Waals surface area contributed by atoms with E-state index in [2.05, 4.69) is 15.9 Å². The average Bonchev–Trinajstić information content (AvgIpc) is 2.92. The van der Waals surface area contributed by atoms with Crippen molar-refractivity contribution < 1.29 is 14.9 Å². The second-order valence-electron chi connectivity index (χ2n) is 9.05. The smallest absolute Gasteiger partial charge is 0.262 e. The van der Waals surface area contributed by atoms with E-state index in [0.717, 1.165) is 19.2 Å². The van der Waals surface area contributed by atoms with Crippen molar-refractivity contribution in [2.75, 3.05) is 0 Å². The van der Waals surface area contributed by atoms with Crippen molar-refractivity contribution in [3.63, 3.8) is 0 Å². The third-order valence-corrected chi connectivity index (χ3v) is 8.75. The maximum absolute atomic E-state index is 13.5. The van der Waals surface area contributed by atoms with Crippen molar-refractivity contribution in [3.05, 3.63) is 103 Å². The van der Waals surface area contributed by atoms with Crippen LogP contribution in [0.2, 0.25) is 10.0 Å². The molecule has 0 radical (unpaired) electrons. The second kappa shape index (κ2) is 11.5. The predicted molar refractivity (Wildman–Crippen MR) is 162 cm³/mol. The van der Waals surface area contributed by atoms with Gasteiger partial charge in [0, 0.05) is 32.7 Å². The molecule has 2 aromatic carbocycles. The second-order valence-corrected chi connectivity index (χ2v) is 11.5. The fraction of sp³-hybridized carbons (Fsp3) is 0.231. The van der Waals surface area contributed by atoms with Gasteiger partial charge in [0.1, 0.15) is 6.61 Å². The number of nitrogens with zero attached hydrogens (tertiary/aromatic N) is 4. The highest BCUT2D eigenvalue weighted by Crippen LogP contribution is 2.42. The van der Waals surface area contributed by atoms with Crippen molar-refractivity contribution >= 4 is 63.6 Å². The van der Waals surface area contributed by atoms with E-state index in [4.69, 9.17) is 52.4 Å². The number of ether oxygens (including phenoxy) is 1. The first-order valence-electron chi connectivity index (χ1n) is 11.6. The number of halogens is 3. The van der Waals surface area contributed by atoms with Crippen LogP contribution in [0.3, 0.4) is 0 Å². The molecule has 40 heavy (non-hydrogen) atoms. The summed E-state index contributed by atoms with van der Waals surface area (Å²) >= 11 is 27.2. The normalized spacial score (nSPS) is 11.3. The predicted octanol–water partition coefficient (Wildman–Crippen LogP) is 5.46.